The first kappa shape index (κ1) is 26.8. The van der Waals surface area contributed by atoms with Gasteiger partial charge in [-0.3, -0.25) is 19.9 Å². The average molecular weight is 562 g/mol. The Hall–Kier alpha value is -4.77. The topological polar surface area (TPSA) is 130 Å². The SMILES string of the molecule is COc1ccc(OC(=O)Nc2ccc(CN3C(=O)CCc4c(Cc5sc(=O)[nH]c5O)ccc(OC)c43)cc2)cc1. The van der Waals surface area contributed by atoms with Crippen LogP contribution in [0.2, 0.25) is 0 Å². The summed E-state index contributed by atoms with van der Waals surface area (Å²) in [5.41, 5.74) is 3.93. The molecule has 11 heteroatoms. The van der Waals surface area contributed by atoms with Crippen molar-refractivity contribution in [1.29, 1.82) is 0 Å². The number of nitrogens with one attached hydrogen (secondary N) is 2. The highest BCUT2D eigenvalue weighted by Crippen LogP contribution is 2.41. The molecule has 40 heavy (non-hydrogen) atoms. The van der Waals surface area contributed by atoms with Crippen LogP contribution in [0.5, 0.6) is 23.1 Å². The Morgan fingerprint density at radius 2 is 1.70 bits per heavy atom. The number of methoxy groups -OCH3 is 2. The Labute approximate surface area is 233 Å². The quantitative estimate of drug-likeness (QED) is 0.281. The van der Waals surface area contributed by atoms with Gasteiger partial charge in [0, 0.05) is 18.5 Å². The largest absolute Gasteiger partial charge is 0.497 e. The van der Waals surface area contributed by atoms with Crippen LogP contribution < -0.4 is 29.3 Å². The molecule has 0 atom stereocenters. The van der Waals surface area contributed by atoms with Crippen molar-refractivity contribution in [2.45, 2.75) is 25.8 Å². The summed E-state index contributed by atoms with van der Waals surface area (Å²) in [5.74, 6) is 1.43. The number of aromatic nitrogens is 1. The number of aromatic amines is 1. The molecule has 1 aliphatic rings. The van der Waals surface area contributed by atoms with E-state index in [2.05, 4.69) is 10.3 Å². The number of benzene rings is 3. The number of amides is 2. The maximum absolute atomic E-state index is 13.1. The van der Waals surface area contributed by atoms with Gasteiger partial charge in [0.25, 0.3) is 0 Å². The summed E-state index contributed by atoms with van der Waals surface area (Å²) in [4.78, 5) is 41.4. The van der Waals surface area contributed by atoms with Crippen molar-refractivity contribution in [3.8, 4) is 23.1 Å². The van der Waals surface area contributed by atoms with Crippen molar-refractivity contribution < 1.29 is 28.9 Å². The van der Waals surface area contributed by atoms with Gasteiger partial charge in [-0.05, 0) is 65.6 Å². The predicted molar refractivity (Wildman–Crippen MR) is 151 cm³/mol. The van der Waals surface area contributed by atoms with Crippen molar-refractivity contribution in [1.82, 2.24) is 4.98 Å². The number of nitrogens with zero attached hydrogens (tertiary/aromatic N) is 1. The lowest BCUT2D eigenvalue weighted by atomic mass is 9.92. The maximum Gasteiger partial charge on any atom is 0.417 e. The summed E-state index contributed by atoms with van der Waals surface area (Å²) in [6.45, 7) is 0.297. The van der Waals surface area contributed by atoms with Crippen LogP contribution in [0.3, 0.4) is 0 Å². The van der Waals surface area contributed by atoms with Gasteiger partial charge in [-0.25, -0.2) is 4.79 Å². The molecule has 0 fully saturated rings. The number of carbonyl (C=O) groups is 2. The van der Waals surface area contributed by atoms with Gasteiger partial charge in [-0.15, -0.1) is 0 Å². The number of ether oxygens (including phenoxy) is 3. The van der Waals surface area contributed by atoms with Crippen molar-refractivity contribution in [2.75, 3.05) is 24.4 Å². The van der Waals surface area contributed by atoms with Crippen LogP contribution in [-0.4, -0.2) is 36.3 Å². The minimum absolute atomic E-state index is 0.0395. The number of hydrogen-bond donors (Lipinski definition) is 3. The molecule has 0 spiro atoms. The number of hydrogen-bond acceptors (Lipinski definition) is 8. The van der Waals surface area contributed by atoms with E-state index in [9.17, 15) is 19.5 Å². The van der Waals surface area contributed by atoms with E-state index in [4.69, 9.17) is 14.2 Å². The van der Waals surface area contributed by atoms with Gasteiger partial charge >= 0.3 is 11.0 Å². The van der Waals surface area contributed by atoms with Crippen LogP contribution in [0.4, 0.5) is 16.2 Å². The molecule has 3 N–H and O–H groups in total. The number of fused-ring (bicyclic) bond motifs is 1. The van der Waals surface area contributed by atoms with Gasteiger partial charge in [0.15, 0.2) is 0 Å². The molecule has 0 radical (unpaired) electrons. The lowest BCUT2D eigenvalue weighted by Crippen LogP contribution is -2.35. The molecule has 1 aromatic heterocycles. The first-order valence-corrected chi connectivity index (χ1v) is 13.3. The minimum Gasteiger partial charge on any atom is -0.497 e. The predicted octanol–water partition coefficient (Wildman–Crippen LogP) is 4.84. The van der Waals surface area contributed by atoms with Gasteiger partial charge in [-0.2, -0.15) is 0 Å². The Balaban J connectivity index is 1.32. The van der Waals surface area contributed by atoms with Crippen molar-refractivity contribution in [2.24, 2.45) is 0 Å². The van der Waals surface area contributed by atoms with Crippen LogP contribution in [0.25, 0.3) is 0 Å². The lowest BCUT2D eigenvalue weighted by molar-refractivity contribution is -0.119. The molecular formula is C29H27N3O7S. The van der Waals surface area contributed by atoms with Crippen LogP contribution in [-0.2, 0) is 24.2 Å². The Bertz CT molecular complexity index is 1590. The molecule has 3 aromatic carbocycles. The number of carbonyl (C=O) groups excluding carboxylic acids is 2. The molecule has 10 nitrogen and oxygen atoms in total. The fraction of sp³-hybridized carbons (Fsp3) is 0.207. The van der Waals surface area contributed by atoms with E-state index >= 15 is 0 Å². The summed E-state index contributed by atoms with van der Waals surface area (Å²) in [7, 11) is 3.12. The van der Waals surface area contributed by atoms with E-state index in [-0.39, 0.29) is 16.7 Å². The van der Waals surface area contributed by atoms with Gasteiger partial charge in [-0.1, -0.05) is 29.5 Å². The third kappa shape index (κ3) is 5.79. The molecule has 5 rings (SSSR count). The highest BCUT2D eigenvalue weighted by molar-refractivity contribution is 7.09. The van der Waals surface area contributed by atoms with E-state index in [1.54, 1.807) is 61.6 Å². The van der Waals surface area contributed by atoms with Crippen LogP contribution in [0, 0.1) is 0 Å². The maximum atomic E-state index is 13.1. The van der Waals surface area contributed by atoms with Crippen molar-refractivity contribution in [3.63, 3.8) is 0 Å². The summed E-state index contributed by atoms with van der Waals surface area (Å²) in [5, 5.41) is 12.8. The smallest absolute Gasteiger partial charge is 0.417 e. The minimum atomic E-state index is -0.631. The van der Waals surface area contributed by atoms with Crippen molar-refractivity contribution >= 4 is 34.7 Å². The molecule has 4 aromatic rings. The number of anilines is 2. The lowest BCUT2D eigenvalue weighted by Gasteiger charge is -2.32. The second-order valence-corrected chi connectivity index (χ2v) is 10.2. The average Bonchev–Trinajstić information content (AvgIpc) is 3.27. The Morgan fingerprint density at radius 1 is 0.975 bits per heavy atom. The fourth-order valence-corrected chi connectivity index (χ4v) is 5.38. The zero-order chi connectivity index (χ0) is 28.2. The van der Waals surface area contributed by atoms with Gasteiger partial charge in [0.1, 0.15) is 17.2 Å². The number of rotatable bonds is 8. The zero-order valence-electron chi connectivity index (χ0n) is 21.9. The monoisotopic (exact) mass is 561 g/mol. The third-order valence-corrected chi connectivity index (χ3v) is 7.46. The second kappa shape index (κ2) is 11.5. The summed E-state index contributed by atoms with van der Waals surface area (Å²) in [6, 6.07) is 17.5. The molecule has 1 aliphatic heterocycles. The highest BCUT2D eigenvalue weighted by Gasteiger charge is 2.30. The molecule has 0 bridgehead atoms. The molecule has 0 unspecified atom stereocenters. The van der Waals surface area contributed by atoms with Crippen LogP contribution in [0.1, 0.15) is 28.0 Å². The number of thiazole rings is 1. The fourth-order valence-electron chi connectivity index (χ4n) is 4.64. The zero-order valence-corrected chi connectivity index (χ0v) is 22.7. The summed E-state index contributed by atoms with van der Waals surface area (Å²) < 4.78 is 16.0. The van der Waals surface area contributed by atoms with E-state index in [1.807, 2.05) is 18.2 Å². The van der Waals surface area contributed by atoms with Crippen LogP contribution >= 0.6 is 11.3 Å². The van der Waals surface area contributed by atoms with Crippen molar-refractivity contribution in [3.05, 3.63) is 91.9 Å². The van der Waals surface area contributed by atoms with E-state index in [0.29, 0.717) is 59.3 Å². The first-order chi connectivity index (χ1) is 19.3. The standard InChI is InChI=1S/C29H27N3O7S/c1-37-20-8-10-21(11-9-20)39-28(35)30-19-6-3-17(4-7-19)16-32-25(33)14-12-22-18(5-13-23(38-2)26(22)32)15-24-27(34)31-29(36)40-24/h3-11,13,34H,12,14-16H2,1-2H3,(H,30,35)(H,31,36). The Kier molecular flexibility index (Phi) is 7.74. The van der Waals surface area contributed by atoms with Gasteiger partial charge < -0.3 is 24.2 Å². The first-order valence-electron chi connectivity index (χ1n) is 12.5. The van der Waals surface area contributed by atoms with Crippen LogP contribution in [0.15, 0.2) is 65.5 Å². The molecule has 206 valence electrons. The third-order valence-electron chi connectivity index (χ3n) is 6.58. The molecule has 0 aliphatic carbocycles. The molecule has 0 saturated carbocycles. The molecule has 0 saturated heterocycles. The van der Waals surface area contributed by atoms with E-state index < -0.39 is 6.09 Å². The van der Waals surface area contributed by atoms with E-state index in [0.717, 1.165) is 28.0 Å². The normalized spacial score (nSPS) is 12.6. The highest BCUT2D eigenvalue weighted by atomic mass is 32.1. The van der Waals surface area contributed by atoms with Gasteiger partial charge in [0.05, 0.1) is 31.3 Å². The molecule has 2 heterocycles. The molecular weight excluding hydrogens is 534 g/mol. The van der Waals surface area contributed by atoms with Gasteiger partial charge in [0.2, 0.25) is 11.8 Å². The summed E-state index contributed by atoms with van der Waals surface area (Å²) in [6.07, 6.45) is 0.570. The Morgan fingerprint density at radius 3 is 2.35 bits per heavy atom. The number of aromatic hydroxyl groups is 1. The number of H-pyrrole nitrogens is 1. The van der Waals surface area contributed by atoms with E-state index in [1.165, 1.54) is 0 Å². The second-order valence-electron chi connectivity index (χ2n) is 9.08. The summed E-state index contributed by atoms with van der Waals surface area (Å²) >= 11 is 0.964. The molecule has 2 amide bonds.